The summed E-state index contributed by atoms with van der Waals surface area (Å²) in [6, 6.07) is 18.8. The van der Waals surface area contributed by atoms with Crippen LogP contribution in [-0.4, -0.2) is 24.7 Å². The van der Waals surface area contributed by atoms with Gasteiger partial charge >= 0.3 is 0 Å². The molecule has 0 unspecified atom stereocenters. The van der Waals surface area contributed by atoms with E-state index in [9.17, 15) is 0 Å². The van der Waals surface area contributed by atoms with Gasteiger partial charge in [-0.3, -0.25) is 4.57 Å². The number of benzene rings is 2. The van der Waals surface area contributed by atoms with Crippen molar-refractivity contribution in [3.63, 3.8) is 0 Å². The van der Waals surface area contributed by atoms with Crippen molar-refractivity contribution >= 4 is 22.7 Å². The van der Waals surface area contributed by atoms with E-state index in [4.69, 9.17) is 4.42 Å². The number of aromatic nitrogens is 5. The first-order valence-electron chi connectivity index (χ1n) is 10.0. The number of nitrogens with one attached hydrogen (secondary N) is 1. The van der Waals surface area contributed by atoms with Crippen LogP contribution in [-0.2, 0) is 5.75 Å². The summed E-state index contributed by atoms with van der Waals surface area (Å²) in [5, 5.41) is 11.2. The maximum Gasteiger partial charge on any atom is 0.205 e. The molecular weight excluding hydrogens is 394 g/mol. The Morgan fingerprint density at radius 1 is 1.03 bits per heavy atom. The maximum atomic E-state index is 5.95. The van der Waals surface area contributed by atoms with Gasteiger partial charge in [0.1, 0.15) is 0 Å². The molecule has 0 bridgehead atoms. The fourth-order valence-corrected chi connectivity index (χ4v) is 4.58. The van der Waals surface area contributed by atoms with Crippen molar-refractivity contribution in [1.82, 2.24) is 24.7 Å². The van der Waals surface area contributed by atoms with E-state index in [1.54, 1.807) is 18.0 Å². The number of hydrogen-bond donors (Lipinski definition) is 1. The molecule has 5 aromatic rings. The van der Waals surface area contributed by atoms with E-state index in [0.717, 1.165) is 46.2 Å². The highest BCUT2D eigenvalue weighted by atomic mass is 32.2. The van der Waals surface area contributed by atoms with Crippen molar-refractivity contribution in [3.8, 4) is 22.7 Å². The minimum atomic E-state index is 0.468. The van der Waals surface area contributed by atoms with Gasteiger partial charge in [-0.1, -0.05) is 60.3 Å². The van der Waals surface area contributed by atoms with E-state index < -0.39 is 0 Å². The minimum absolute atomic E-state index is 0.468. The Bertz CT molecular complexity index is 1320. The summed E-state index contributed by atoms with van der Waals surface area (Å²) in [4.78, 5) is 7.79. The summed E-state index contributed by atoms with van der Waals surface area (Å²) < 4.78 is 8.23. The molecule has 6 nitrogen and oxygen atoms in total. The van der Waals surface area contributed by atoms with Crippen molar-refractivity contribution in [1.29, 1.82) is 0 Å². The molecule has 148 valence electrons. The van der Waals surface area contributed by atoms with Crippen molar-refractivity contribution in [2.45, 2.75) is 29.8 Å². The quantitative estimate of drug-likeness (QED) is 0.361. The maximum absolute atomic E-state index is 5.95. The minimum Gasteiger partial charge on any atom is -0.440 e. The highest BCUT2D eigenvalue weighted by Crippen LogP contribution is 2.42. The van der Waals surface area contributed by atoms with Gasteiger partial charge in [0.05, 0.1) is 11.9 Å². The van der Waals surface area contributed by atoms with E-state index in [1.807, 2.05) is 42.6 Å². The molecule has 0 spiro atoms. The largest absolute Gasteiger partial charge is 0.440 e. The first-order valence-corrected chi connectivity index (χ1v) is 11.0. The second-order valence-electron chi connectivity index (χ2n) is 7.43. The molecule has 3 aromatic heterocycles. The van der Waals surface area contributed by atoms with Crippen LogP contribution in [0.1, 0.15) is 24.8 Å². The fraction of sp³-hybridized carbons (Fsp3) is 0.174. The average Bonchev–Trinajstić information content (AvgIpc) is 3.19. The third-order valence-corrected chi connectivity index (χ3v) is 6.27. The third-order valence-electron chi connectivity index (χ3n) is 5.34. The lowest BCUT2D eigenvalue weighted by atomic mass is 10.1. The predicted octanol–water partition coefficient (Wildman–Crippen LogP) is 5.71. The van der Waals surface area contributed by atoms with Crippen LogP contribution in [0.5, 0.6) is 0 Å². The molecule has 0 saturated heterocycles. The Morgan fingerprint density at radius 2 is 1.87 bits per heavy atom. The van der Waals surface area contributed by atoms with Gasteiger partial charge in [-0.2, -0.15) is 0 Å². The van der Waals surface area contributed by atoms with Crippen LogP contribution in [0.3, 0.4) is 0 Å². The first-order chi connectivity index (χ1) is 14.9. The van der Waals surface area contributed by atoms with Gasteiger partial charge < -0.3 is 9.40 Å². The van der Waals surface area contributed by atoms with Gasteiger partial charge in [-0.15, -0.1) is 10.2 Å². The number of oxazole rings is 1. The SMILES string of the molecule is c1ccc(-c2cnc(CSc3nnc(-c4c[nH]c5ccccc45)n3C3CC3)o2)cc1. The highest BCUT2D eigenvalue weighted by Gasteiger charge is 2.31. The monoisotopic (exact) mass is 413 g/mol. The lowest BCUT2D eigenvalue weighted by molar-refractivity contribution is 0.529. The fourth-order valence-electron chi connectivity index (χ4n) is 3.72. The smallest absolute Gasteiger partial charge is 0.205 e. The summed E-state index contributed by atoms with van der Waals surface area (Å²) in [5.41, 5.74) is 3.24. The van der Waals surface area contributed by atoms with Crippen molar-refractivity contribution in [2.24, 2.45) is 0 Å². The molecule has 0 aliphatic heterocycles. The second kappa shape index (κ2) is 7.18. The van der Waals surface area contributed by atoms with E-state index in [1.165, 1.54) is 5.39 Å². The Hall–Kier alpha value is -3.32. The lowest BCUT2D eigenvalue weighted by Crippen LogP contribution is -1.99. The molecule has 1 saturated carbocycles. The summed E-state index contributed by atoms with van der Waals surface area (Å²) in [6.45, 7) is 0. The summed E-state index contributed by atoms with van der Waals surface area (Å²) in [5.74, 6) is 3.02. The standard InChI is InChI=1S/C23H19N5OS/c1-2-6-15(7-3-1)20-13-25-21(29-20)14-30-23-27-26-22(28(23)16-10-11-16)18-12-24-19-9-5-4-8-17(18)19/h1-9,12-13,16,24H,10-11,14H2. The topological polar surface area (TPSA) is 72.5 Å². The zero-order valence-corrected chi connectivity index (χ0v) is 17.0. The molecule has 1 aliphatic carbocycles. The number of rotatable bonds is 6. The van der Waals surface area contributed by atoms with Gasteiger partial charge in [0.15, 0.2) is 16.7 Å². The number of hydrogen-bond acceptors (Lipinski definition) is 5. The molecule has 6 rings (SSSR count). The van der Waals surface area contributed by atoms with Crippen LogP contribution in [0.2, 0.25) is 0 Å². The number of aromatic amines is 1. The van der Waals surface area contributed by atoms with Crippen LogP contribution in [0.4, 0.5) is 0 Å². The molecule has 2 aromatic carbocycles. The Kier molecular flexibility index (Phi) is 4.19. The molecular formula is C23H19N5OS. The number of para-hydroxylation sites is 1. The van der Waals surface area contributed by atoms with Crippen LogP contribution in [0, 0.1) is 0 Å². The third kappa shape index (κ3) is 3.11. The van der Waals surface area contributed by atoms with Gasteiger partial charge in [-0.05, 0) is 18.9 Å². The second-order valence-corrected chi connectivity index (χ2v) is 8.37. The van der Waals surface area contributed by atoms with Crippen molar-refractivity contribution in [2.75, 3.05) is 0 Å². The summed E-state index contributed by atoms with van der Waals surface area (Å²) in [6.07, 6.45) is 6.15. The Balaban J connectivity index is 1.28. The molecule has 0 amide bonds. The molecule has 3 heterocycles. The van der Waals surface area contributed by atoms with Crippen LogP contribution in [0.25, 0.3) is 33.6 Å². The van der Waals surface area contributed by atoms with Crippen LogP contribution in [0.15, 0.2) is 76.6 Å². The number of fused-ring (bicyclic) bond motifs is 1. The Morgan fingerprint density at radius 3 is 2.73 bits per heavy atom. The Labute approximate surface area is 177 Å². The number of H-pyrrole nitrogens is 1. The summed E-state index contributed by atoms with van der Waals surface area (Å²) in [7, 11) is 0. The van der Waals surface area contributed by atoms with Crippen molar-refractivity contribution < 1.29 is 4.42 Å². The van der Waals surface area contributed by atoms with Gasteiger partial charge in [0.25, 0.3) is 0 Å². The van der Waals surface area contributed by atoms with E-state index in [2.05, 4.69) is 42.9 Å². The average molecular weight is 414 g/mol. The van der Waals surface area contributed by atoms with Gasteiger partial charge in [-0.25, -0.2) is 4.98 Å². The van der Waals surface area contributed by atoms with E-state index in [0.29, 0.717) is 17.7 Å². The zero-order chi connectivity index (χ0) is 19.9. The van der Waals surface area contributed by atoms with Crippen LogP contribution >= 0.6 is 11.8 Å². The molecule has 1 aliphatic rings. The van der Waals surface area contributed by atoms with Crippen molar-refractivity contribution in [3.05, 3.63) is 72.9 Å². The number of nitrogens with zero attached hydrogens (tertiary/aromatic N) is 4. The molecule has 30 heavy (non-hydrogen) atoms. The van der Waals surface area contributed by atoms with Crippen LogP contribution < -0.4 is 0 Å². The first kappa shape index (κ1) is 17.5. The zero-order valence-electron chi connectivity index (χ0n) is 16.2. The number of thioether (sulfide) groups is 1. The molecule has 7 heteroatoms. The normalized spacial score (nSPS) is 13.9. The van der Waals surface area contributed by atoms with E-state index in [-0.39, 0.29) is 0 Å². The van der Waals surface area contributed by atoms with E-state index >= 15 is 0 Å². The lowest BCUT2D eigenvalue weighted by Gasteiger charge is -2.07. The highest BCUT2D eigenvalue weighted by molar-refractivity contribution is 7.98. The predicted molar refractivity (Wildman–Crippen MR) is 117 cm³/mol. The van der Waals surface area contributed by atoms with Gasteiger partial charge in [0, 0.05) is 34.3 Å². The summed E-state index contributed by atoms with van der Waals surface area (Å²) >= 11 is 1.62. The molecule has 0 radical (unpaired) electrons. The molecule has 0 atom stereocenters. The molecule has 1 fully saturated rings. The molecule has 1 N–H and O–H groups in total. The van der Waals surface area contributed by atoms with Gasteiger partial charge in [0.2, 0.25) is 5.89 Å².